The standard InChI is InChI=1S/C24H28ClN3O3S/c25-19-9-8-17(15-20(19)27-23(30)21-7-4-14-32-21)22(29)26-18-10-12-28(13-11-18)24(31)16-5-2-1-3-6-16/h4,7-9,14-16,18H,1-3,5-6,10-13H2,(H,26,29)(H,27,30). The summed E-state index contributed by atoms with van der Waals surface area (Å²) < 4.78 is 0. The van der Waals surface area contributed by atoms with Gasteiger partial charge in [-0.2, -0.15) is 0 Å². The molecule has 0 spiro atoms. The van der Waals surface area contributed by atoms with E-state index in [1.54, 1.807) is 30.3 Å². The summed E-state index contributed by atoms with van der Waals surface area (Å²) in [5, 5.41) is 8.05. The van der Waals surface area contributed by atoms with Crippen LogP contribution < -0.4 is 10.6 Å². The Bertz CT molecular complexity index is 965. The molecule has 1 saturated carbocycles. The molecule has 1 aromatic heterocycles. The van der Waals surface area contributed by atoms with Crippen molar-refractivity contribution in [3.8, 4) is 0 Å². The van der Waals surface area contributed by atoms with Gasteiger partial charge in [0.15, 0.2) is 0 Å². The van der Waals surface area contributed by atoms with Gasteiger partial charge in [-0.05, 0) is 55.3 Å². The van der Waals surface area contributed by atoms with Gasteiger partial charge < -0.3 is 15.5 Å². The first kappa shape index (κ1) is 22.8. The van der Waals surface area contributed by atoms with Gasteiger partial charge in [-0.25, -0.2) is 0 Å². The van der Waals surface area contributed by atoms with E-state index < -0.39 is 0 Å². The van der Waals surface area contributed by atoms with Crippen LogP contribution in [-0.2, 0) is 4.79 Å². The number of carbonyl (C=O) groups is 3. The maximum Gasteiger partial charge on any atom is 0.265 e. The van der Waals surface area contributed by atoms with Gasteiger partial charge in [0, 0.05) is 30.6 Å². The summed E-state index contributed by atoms with van der Waals surface area (Å²) in [4.78, 5) is 40.4. The number of halogens is 1. The lowest BCUT2D eigenvalue weighted by molar-refractivity contribution is -0.137. The first-order valence-corrected chi connectivity index (χ1v) is 12.5. The van der Waals surface area contributed by atoms with Gasteiger partial charge in [-0.15, -0.1) is 11.3 Å². The predicted octanol–water partition coefficient (Wildman–Crippen LogP) is 4.95. The number of hydrogen-bond acceptors (Lipinski definition) is 4. The zero-order valence-electron chi connectivity index (χ0n) is 17.9. The Kier molecular flexibility index (Phi) is 7.48. The van der Waals surface area contributed by atoms with Gasteiger partial charge >= 0.3 is 0 Å². The summed E-state index contributed by atoms with van der Waals surface area (Å²) in [5.41, 5.74) is 0.849. The van der Waals surface area contributed by atoms with Gasteiger partial charge in [0.05, 0.1) is 15.6 Å². The van der Waals surface area contributed by atoms with Crippen molar-refractivity contribution in [2.24, 2.45) is 5.92 Å². The first-order valence-electron chi connectivity index (χ1n) is 11.3. The maximum absolute atomic E-state index is 12.8. The van der Waals surface area contributed by atoms with Crippen LogP contribution in [0.1, 0.15) is 65.0 Å². The highest BCUT2D eigenvalue weighted by molar-refractivity contribution is 7.12. The molecule has 0 radical (unpaired) electrons. The van der Waals surface area contributed by atoms with Crippen LogP contribution in [0.5, 0.6) is 0 Å². The molecule has 0 unspecified atom stereocenters. The summed E-state index contributed by atoms with van der Waals surface area (Å²) in [5.74, 6) is 0.0184. The van der Waals surface area contributed by atoms with Crippen LogP contribution in [0.25, 0.3) is 0 Å². The topological polar surface area (TPSA) is 78.5 Å². The average Bonchev–Trinajstić information content (AvgIpc) is 3.36. The molecule has 2 aromatic rings. The fraction of sp³-hybridized carbons (Fsp3) is 0.458. The monoisotopic (exact) mass is 473 g/mol. The molecule has 2 heterocycles. The summed E-state index contributed by atoms with van der Waals surface area (Å²) in [6.07, 6.45) is 7.07. The minimum atomic E-state index is -0.255. The molecule has 1 aromatic carbocycles. The summed E-state index contributed by atoms with van der Waals surface area (Å²) >= 11 is 7.57. The van der Waals surface area contributed by atoms with Gasteiger partial charge in [-0.1, -0.05) is 36.9 Å². The number of piperidine rings is 1. The molecule has 2 N–H and O–H groups in total. The van der Waals surface area contributed by atoms with Crippen LogP contribution in [0.2, 0.25) is 5.02 Å². The highest BCUT2D eigenvalue weighted by Gasteiger charge is 2.29. The van der Waals surface area contributed by atoms with Crippen LogP contribution in [0.15, 0.2) is 35.7 Å². The minimum Gasteiger partial charge on any atom is -0.349 e. The van der Waals surface area contributed by atoms with E-state index in [0.29, 0.717) is 40.1 Å². The molecule has 4 rings (SSSR count). The van der Waals surface area contributed by atoms with Crippen LogP contribution >= 0.6 is 22.9 Å². The van der Waals surface area contributed by atoms with Gasteiger partial charge in [0.2, 0.25) is 5.91 Å². The highest BCUT2D eigenvalue weighted by atomic mass is 35.5. The van der Waals surface area contributed by atoms with E-state index in [9.17, 15) is 14.4 Å². The Morgan fingerprint density at radius 2 is 1.72 bits per heavy atom. The summed E-state index contributed by atoms with van der Waals surface area (Å²) in [6, 6.07) is 8.43. The van der Waals surface area contributed by atoms with E-state index in [2.05, 4.69) is 10.6 Å². The van der Waals surface area contributed by atoms with Crippen LogP contribution in [0.3, 0.4) is 0 Å². The Morgan fingerprint density at radius 3 is 2.41 bits per heavy atom. The predicted molar refractivity (Wildman–Crippen MR) is 127 cm³/mol. The second-order valence-electron chi connectivity index (χ2n) is 8.53. The lowest BCUT2D eigenvalue weighted by Gasteiger charge is -2.35. The van der Waals surface area contributed by atoms with Gasteiger partial charge in [0.25, 0.3) is 11.8 Å². The molecule has 2 fully saturated rings. The molecule has 170 valence electrons. The molecule has 8 heteroatoms. The van der Waals surface area contributed by atoms with Crippen molar-refractivity contribution >= 4 is 46.3 Å². The fourth-order valence-corrected chi connectivity index (χ4v) is 5.26. The SMILES string of the molecule is O=C(NC1CCN(C(=O)C2CCCCC2)CC1)c1ccc(Cl)c(NC(=O)c2cccs2)c1. The Labute approximate surface area is 197 Å². The lowest BCUT2D eigenvalue weighted by Crippen LogP contribution is -2.48. The molecular formula is C24H28ClN3O3S. The van der Waals surface area contributed by atoms with E-state index in [1.165, 1.54) is 17.8 Å². The normalized spacial score (nSPS) is 17.7. The van der Waals surface area contributed by atoms with Gasteiger partial charge in [0.1, 0.15) is 0 Å². The van der Waals surface area contributed by atoms with Crippen molar-refractivity contribution in [3.63, 3.8) is 0 Å². The minimum absolute atomic E-state index is 0.0257. The van der Waals surface area contributed by atoms with E-state index in [1.807, 2.05) is 10.3 Å². The number of hydrogen-bond donors (Lipinski definition) is 2. The van der Waals surface area contributed by atoms with E-state index in [4.69, 9.17) is 11.6 Å². The number of benzene rings is 1. The van der Waals surface area contributed by atoms with Crippen molar-refractivity contribution in [2.45, 2.75) is 51.0 Å². The first-order chi connectivity index (χ1) is 15.5. The van der Waals surface area contributed by atoms with E-state index in [0.717, 1.165) is 38.5 Å². The molecule has 2 aliphatic rings. The zero-order chi connectivity index (χ0) is 22.5. The summed E-state index contributed by atoms with van der Waals surface area (Å²) in [7, 11) is 0. The van der Waals surface area contributed by atoms with Crippen molar-refractivity contribution in [1.29, 1.82) is 0 Å². The summed E-state index contributed by atoms with van der Waals surface area (Å²) in [6.45, 7) is 1.37. The van der Waals surface area contributed by atoms with Crippen LogP contribution in [0.4, 0.5) is 5.69 Å². The van der Waals surface area contributed by atoms with Crippen molar-refractivity contribution < 1.29 is 14.4 Å². The molecule has 3 amide bonds. The van der Waals surface area contributed by atoms with Gasteiger partial charge in [-0.3, -0.25) is 14.4 Å². The molecule has 6 nitrogen and oxygen atoms in total. The van der Waals surface area contributed by atoms with E-state index >= 15 is 0 Å². The third-order valence-corrected chi connectivity index (χ3v) is 7.52. The molecule has 0 bridgehead atoms. The number of likely N-dealkylation sites (tertiary alicyclic amines) is 1. The van der Waals surface area contributed by atoms with Crippen molar-refractivity contribution in [3.05, 3.63) is 51.2 Å². The van der Waals surface area contributed by atoms with Crippen LogP contribution in [0, 0.1) is 5.92 Å². The number of nitrogens with one attached hydrogen (secondary N) is 2. The zero-order valence-corrected chi connectivity index (χ0v) is 19.5. The molecule has 0 atom stereocenters. The Hall–Kier alpha value is -2.38. The number of anilines is 1. The Morgan fingerprint density at radius 1 is 0.969 bits per heavy atom. The third-order valence-electron chi connectivity index (χ3n) is 6.32. The third kappa shape index (κ3) is 5.51. The second-order valence-corrected chi connectivity index (χ2v) is 9.89. The highest BCUT2D eigenvalue weighted by Crippen LogP contribution is 2.27. The number of nitrogens with zero attached hydrogens (tertiary/aromatic N) is 1. The van der Waals surface area contributed by atoms with Crippen LogP contribution in [-0.4, -0.2) is 41.8 Å². The quantitative estimate of drug-likeness (QED) is 0.644. The molecule has 32 heavy (non-hydrogen) atoms. The second kappa shape index (κ2) is 10.5. The largest absolute Gasteiger partial charge is 0.349 e. The number of amides is 3. The lowest BCUT2D eigenvalue weighted by atomic mass is 9.87. The van der Waals surface area contributed by atoms with Crippen molar-refractivity contribution in [2.75, 3.05) is 18.4 Å². The molecule has 1 aliphatic heterocycles. The number of carbonyl (C=O) groups excluding carboxylic acids is 3. The van der Waals surface area contributed by atoms with Crippen molar-refractivity contribution in [1.82, 2.24) is 10.2 Å². The maximum atomic E-state index is 12.8. The number of rotatable bonds is 5. The number of thiophene rings is 1. The van der Waals surface area contributed by atoms with E-state index in [-0.39, 0.29) is 23.8 Å². The molecular weight excluding hydrogens is 446 g/mol. The Balaban J connectivity index is 1.31. The molecule has 1 saturated heterocycles. The average molecular weight is 474 g/mol. The fourth-order valence-electron chi connectivity index (χ4n) is 4.47. The molecule has 1 aliphatic carbocycles. The smallest absolute Gasteiger partial charge is 0.265 e.